The number of benzene rings is 1. The highest BCUT2D eigenvalue weighted by Gasteiger charge is 2.13. The lowest BCUT2D eigenvalue weighted by molar-refractivity contribution is -0.122. The first kappa shape index (κ1) is 14.0. The Morgan fingerprint density at radius 2 is 2.18 bits per heavy atom. The lowest BCUT2D eigenvalue weighted by atomic mass is 10.1. The summed E-state index contributed by atoms with van der Waals surface area (Å²) in [6.07, 6.45) is -0.633. The van der Waals surface area contributed by atoms with Gasteiger partial charge in [0.1, 0.15) is 5.75 Å². The second-order valence-electron chi connectivity index (χ2n) is 3.97. The lowest BCUT2D eigenvalue weighted by Crippen LogP contribution is -2.26. The Hall–Kier alpha value is -1.07. The molecule has 1 aromatic rings. The number of carbonyl (C=O) groups excluding carboxylic acids is 1. The second-order valence-corrected chi connectivity index (χ2v) is 4.89. The zero-order valence-electron chi connectivity index (χ0n) is 9.81. The molecule has 0 fully saturated rings. The molecule has 2 unspecified atom stereocenters. The third kappa shape index (κ3) is 4.02. The monoisotopic (exact) mass is 301 g/mol. The maximum atomic E-state index is 10.9. The molecule has 0 saturated carbocycles. The van der Waals surface area contributed by atoms with Crippen LogP contribution in [-0.2, 0) is 4.79 Å². The molecule has 0 spiro atoms. The van der Waals surface area contributed by atoms with E-state index in [1.807, 2.05) is 6.07 Å². The van der Waals surface area contributed by atoms with Crippen molar-refractivity contribution in [3.8, 4) is 5.75 Å². The van der Waals surface area contributed by atoms with E-state index >= 15 is 0 Å². The Labute approximate surface area is 109 Å². The zero-order chi connectivity index (χ0) is 13.0. The lowest BCUT2D eigenvalue weighted by Gasteiger charge is -2.15. The van der Waals surface area contributed by atoms with Crippen molar-refractivity contribution in [3.05, 3.63) is 28.2 Å². The van der Waals surface area contributed by atoms with Crippen LogP contribution in [0.5, 0.6) is 5.75 Å². The molecule has 1 rings (SSSR count). The number of ether oxygens (including phenoxy) is 1. The molecular weight excluding hydrogens is 286 g/mol. The molecular formula is C12H16BrNO3. The molecule has 94 valence electrons. The smallest absolute Gasteiger partial charge is 0.223 e. The van der Waals surface area contributed by atoms with E-state index < -0.39 is 12.0 Å². The van der Waals surface area contributed by atoms with Gasteiger partial charge >= 0.3 is 0 Å². The molecule has 3 N–H and O–H groups in total. The van der Waals surface area contributed by atoms with E-state index in [4.69, 9.17) is 10.5 Å². The van der Waals surface area contributed by atoms with E-state index in [0.29, 0.717) is 11.3 Å². The Morgan fingerprint density at radius 1 is 1.53 bits per heavy atom. The van der Waals surface area contributed by atoms with Gasteiger partial charge in [-0.25, -0.2) is 0 Å². The number of primary amides is 1. The van der Waals surface area contributed by atoms with E-state index in [-0.39, 0.29) is 12.5 Å². The fourth-order valence-electron chi connectivity index (χ4n) is 1.27. The fraction of sp³-hybridized carbons (Fsp3) is 0.417. The minimum atomic E-state index is -0.633. The highest BCUT2D eigenvalue weighted by atomic mass is 79.9. The number of hydrogen-bond donors (Lipinski definition) is 2. The van der Waals surface area contributed by atoms with Gasteiger partial charge < -0.3 is 15.6 Å². The summed E-state index contributed by atoms with van der Waals surface area (Å²) in [6.45, 7) is 3.56. The van der Waals surface area contributed by atoms with Gasteiger partial charge in [0.2, 0.25) is 5.91 Å². The van der Waals surface area contributed by atoms with Crippen LogP contribution in [0.3, 0.4) is 0 Å². The normalized spacial score (nSPS) is 14.1. The molecule has 1 amide bonds. The van der Waals surface area contributed by atoms with Gasteiger partial charge in [-0.3, -0.25) is 4.79 Å². The van der Waals surface area contributed by atoms with Crippen molar-refractivity contribution < 1.29 is 14.6 Å². The molecule has 4 nitrogen and oxygen atoms in total. The van der Waals surface area contributed by atoms with E-state index in [0.717, 1.165) is 4.47 Å². The molecule has 0 saturated heterocycles. The Bertz CT molecular complexity index is 407. The summed E-state index contributed by atoms with van der Waals surface area (Å²) >= 11 is 3.33. The van der Waals surface area contributed by atoms with E-state index in [9.17, 15) is 9.90 Å². The summed E-state index contributed by atoms with van der Waals surface area (Å²) < 4.78 is 6.36. The number of aliphatic hydroxyl groups is 1. The van der Waals surface area contributed by atoms with Crippen LogP contribution in [0.2, 0.25) is 0 Å². The molecule has 0 aromatic heterocycles. The van der Waals surface area contributed by atoms with Crippen molar-refractivity contribution in [1.82, 2.24) is 0 Å². The molecule has 0 aliphatic rings. The van der Waals surface area contributed by atoms with Crippen LogP contribution in [0, 0.1) is 5.92 Å². The molecule has 17 heavy (non-hydrogen) atoms. The maximum absolute atomic E-state index is 10.9. The number of rotatable bonds is 5. The van der Waals surface area contributed by atoms with Crippen molar-refractivity contribution in [1.29, 1.82) is 0 Å². The second kappa shape index (κ2) is 6.02. The summed E-state index contributed by atoms with van der Waals surface area (Å²) in [7, 11) is 0. The van der Waals surface area contributed by atoms with Gasteiger partial charge in [0, 0.05) is 10.0 Å². The molecule has 0 aliphatic carbocycles. The standard InChI is InChI=1S/C12H16BrNO3/c1-7(12(14)16)6-17-11-4-3-9(13)5-10(11)8(2)15/h3-5,7-8,15H,6H2,1-2H3,(H2,14,16). The minimum absolute atomic E-state index is 0.205. The quantitative estimate of drug-likeness (QED) is 0.874. The van der Waals surface area contributed by atoms with Gasteiger partial charge in [0.15, 0.2) is 0 Å². The van der Waals surface area contributed by atoms with Crippen molar-refractivity contribution in [3.63, 3.8) is 0 Å². The van der Waals surface area contributed by atoms with Gasteiger partial charge in [-0.2, -0.15) is 0 Å². The van der Waals surface area contributed by atoms with Crippen LogP contribution < -0.4 is 10.5 Å². The predicted octanol–water partition coefficient (Wildman–Crippen LogP) is 2.00. The number of aliphatic hydroxyl groups excluding tert-OH is 1. The van der Waals surface area contributed by atoms with Crippen molar-refractivity contribution in [2.45, 2.75) is 20.0 Å². The van der Waals surface area contributed by atoms with Crippen LogP contribution in [-0.4, -0.2) is 17.6 Å². The minimum Gasteiger partial charge on any atom is -0.492 e. The third-order valence-corrected chi connectivity index (χ3v) is 2.89. The van der Waals surface area contributed by atoms with Crippen LogP contribution >= 0.6 is 15.9 Å². The molecule has 0 bridgehead atoms. The summed E-state index contributed by atoms with van der Waals surface area (Å²) in [6, 6.07) is 5.35. The SMILES string of the molecule is CC(COc1ccc(Br)cc1C(C)O)C(N)=O. The van der Waals surface area contributed by atoms with Gasteiger partial charge in [0.25, 0.3) is 0 Å². The molecule has 1 aromatic carbocycles. The Morgan fingerprint density at radius 3 is 2.71 bits per heavy atom. The largest absolute Gasteiger partial charge is 0.492 e. The maximum Gasteiger partial charge on any atom is 0.223 e. The molecule has 0 heterocycles. The molecule has 0 radical (unpaired) electrons. The predicted molar refractivity (Wildman–Crippen MR) is 68.6 cm³/mol. The summed E-state index contributed by atoms with van der Waals surface area (Å²) in [5.74, 6) is -0.197. The third-order valence-electron chi connectivity index (χ3n) is 2.40. The summed E-state index contributed by atoms with van der Waals surface area (Å²) in [4.78, 5) is 10.9. The number of amides is 1. The average molecular weight is 302 g/mol. The molecule has 5 heteroatoms. The number of nitrogens with two attached hydrogens (primary N) is 1. The first-order valence-corrected chi connectivity index (χ1v) is 6.10. The van der Waals surface area contributed by atoms with Gasteiger partial charge in [0.05, 0.1) is 18.6 Å². The molecule has 0 aliphatic heterocycles. The summed E-state index contributed by atoms with van der Waals surface area (Å²) in [5, 5.41) is 9.61. The number of carbonyl (C=O) groups is 1. The first-order chi connectivity index (χ1) is 7.91. The number of halogens is 1. The highest BCUT2D eigenvalue weighted by Crippen LogP contribution is 2.28. The Kier molecular flexibility index (Phi) is 4.96. The van der Waals surface area contributed by atoms with Crippen LogP contribution in [0.15, 0.2) is 22.7 Å². The van der Waals surface area contributed by atoms with Gasteiger partial charge in [-0.05, 0) is 25.1 Å². The zero-order valence-corrected chi connectivity index (χ0v) is 11.4. The van der Waals surface area contributed by atoms with Crippen molar-refractivity contribution >= 4 is 21.8 Å². The van der Waals surface area contributed by atoms with E-state index in [1.54, 1.807) is 26.0 Å². The first-order valence-electron chi connectivity index (χ1n) is 5.31. The van der Waals surface area contributed by atoms with E-state index in [1.165, 1.54) is 0 Å². The van der Waals surface area contributed by atoms with Crippen molar-refractivity contribution in [2.75, 3.05) is 6.61 Å². The van der Waals surface area contributed by atoms with Crippen LogP contribution in [0.4, 0.5) is 0 Å². The highest BCUT2D eigenvalue weighted by molar-refractivity contribution is 9.10. The van der Waals surface area contributed by atoms with Crippen LogP contribution in [0.25, 0.3) is 0 Å². The van der Waals surface area contributed by atoms with Crippen molar-refractivity contribution in [2.24, 2.45) is 11.7 Å². The van der Waals surface area contributed by atoms with Crippen LogP contribution in [0.1, 0.15) is 25.5 Å². The van der Waals surface area contributed by atoms with Gasteiger partial charge in [-0.1, -0.05) is 22.9 Å². The topological polar surface area (TPSA) is 72.6 Å². The average Bonchev–Trinajstić information content (AvgIpc) is 2.26. The fourth-order valence-corrected chi connectivity index (χ4v) is 1.65. The molecule has 2 atom stereocenters. The van der Waals surface area contributed by atoms with E-state index in [2.05, 4.69) is 15.9 Å². The van der Waals surface area contributed by atoms with Gasteiger partial charge in [-0.15, -0.1) is 0 Å². The number of hydrogen-bond acceptors (Lipinski definition) is 3. The summed E-state index contributed by atoms with van der Waals surface area (Å²) in [5.41, 5.74) is 5.82. The Balaban J connectivity index is 2.80.